The minimum atomic E-state index is -3.81. The lowest BCUT2D eigenvalue weighted by atomic mass is 10.3. The number of rotatable bonds is 5. The first-order valence-electron chi connectivity index (χ1n) is 2.88. The van der Waals surface area contributed by atoms with E-state index < -0.39 is 25.1 Å². The Morgan fingerprint density at radius 2 is 2.09 bits per heavy atom. The van der Waals surface area contributed by atoms with Crippen molar-refractivity contribution < 1.29 is 23.1 Å². The van der Waals surface area contributed by atoms with Crippen molar-refractivity contribution in [2.45, 2.75) is 5.92 Å². The largest absolute Gasteiger partial charge is 0.477 e. The van der Waals surface area contributed by atoms with Crippen LogP contribution in [0.25, 0.3) is 0 Å². The maximum absolute atomic E-state index is 12.1. The molecule has 0 aliphatic rings. The van der Waals surface area contributed by atoms with Crippen LogP contribution in [-0.4, -0.2) is 36.8 Å². The van der Waals surface area contributed by atoms with Crippen LogP contribution in [-0.2, 0) is 4.79 Å². The lowest BCUT2D eigenvalue weighted by Gasteiger charge is -2.10. The Labute approximate surface area is 61.2 Å². The van der Waals surface area contributed by atoms with Gasteiger partial charge in [0.2, 0.25) is 0 Å². The third-order valence-electron chi connectivity index (χ3n) is 0.931. The molecule has 0 amide bonds. The van der Waals surface area contributed by atoms with Crippen LogP contribution in [0.4, 0.5) is 13.2 Å². The Balaban J connectivity index is 3.64. The minimum absolute atomic E-state index is 0.261. The van der Waals surface area contributed by atoms with Crippen LogP contribution in [0.1, 0.15) is 0 Å². The van der Waals surface area contributed by atoms with Crippen LogP contribution in [0.3, 0.4) is 0 Å². The molecule has 0 unspecified atom stereocenters. The van der Waals surface area contributed by atoms with Gasteiger partial charge in [0.25, 0.3) is 0 Å². The average Bonchev–Trinajstić information content (AvgIpc) is 1.88. The fourth-order valence-electron chi connectivity index (χ4n) is 0.388. The molecule has 0 saturated heterocycles. The summed E-state index contributed by atoms with van der Waals surface area (Å²) in [6.07, 6.45) is 0. The zero-order valence-electron chi connectivity index (χ0n) is 5.61. The van der Waals surface area contributed by atoms with E-state index in [-0.39, 0.29) is 6.54 Å². The van der Waals surface area contributed by atoms with Crippen molar-refractivity contribution in [3.05, 3.63) is 0 Å². The first-order chi connectivity index (χ1) is 5.00. The van der Waals surface area contributed by atoms with Gasteiger partial charge in [0.15, 0.2) is 0 Å². The third kappa shape index (κ3) is 3.82. The van der Waals surface area contributed by atoms with Gasteiger partial charge < -0.3 is 10.4 Å². The van der Waals surface area contributed by atoms with E-state index in [1.807, 2.05) is 5.32 Å². The topological polar surface area (TPSA) is 49.3 Å². The van der Waals surface area contributed by atoms with E-state index in [0.29, 0.717) is 0 Å². The van der Waals surface area contributed by atoms with Crippen LogP contribution in [0.2, 0.25) is 0 Å². The Morgan fingerprint density at radius 1 is 1.55 bits per heavy atom. The molecule has 0 fully saturated rings. The van der Waals surface area contributed by atoms with Crippen LogP contribution < -0.4 is 5.32 Å². The third-order valence-corrected chi connectivity index (χ3v) is 0.931. The lowest BCUT2D eigenvalue weighted by Crippen LogP contribution is -2.40. The van der Waals surface area contributed by atoms with E-state index in [4.69, 9.17) is 5.11 Å². The number of carbonyl (C=O) groups is 1. The monoisotopic (exact) mass is 171 g/mol. The molecule has 3 nitrogen and oxygen atoms in total. The quantitative estimate of drug-likeness (QED) is 0.583. The van der Waals surface area contributed by atoms with Gasteiger partial charge >= 0.3 is 11.9 Å². The number of hydrogen-bond donors (Lipinski definition) is 2. The zero-order chi connectivity index (χ0) is 8.91. The molecule has 0 aromatic carbocycles. The number of halogens is 3. The van der Waals surface area contributed by atoms with Crippen LogP contribution in [0, 0.1) is 0 Å². The summed E-state index contributed by atoms with van der Waals surface area (Å²) in [6.45, 7) is -2.09. The summed E-state index contributed by atoms with van der Waals surface area (Å²) in [4.78, 5) is 9.73. The predicted octanol–water partition coefficient (Wildman–Crippen LogP) is 0.265. The smallest absolute Gasteiger partial charge is 0.375 e. The predicted molar refractivity (Wildman–Crippen MR) is 31.4 cm³/mol. The summed E-state index contributed by atoms with van der Waals surface area (Å²) in [5.74, 6) is -6.02. The molecule has 66 valence electrons. The molecule has 0 radical (unpaired) electrons. The summed E-state index contributed by atoms with van der Waals surface area (Å²) in [5.41, 5.74) is 0. The van der Waals surface area contributed by atoms with Crippen molar-refractivity contribution in [3.63, 3.8) is 0 Å². The second-order valence-corrected chi connectivity index (χ2v) is 1.88. The first kappa shape index (κ1) is 10.2. The SMILES string of the molecule is O=C(O)C(F)(F)CNCCF. The molecule has 0 aromatic heterocycles. The average molecular weight is 171 g/mol. The summed E-state index contributed by atoms with van der Waals surface area (Å²) in [7, 11) is 0. The number of aliphatic carboxylic acids is 1. The van der Waals surface area contributed by atoms with Gasteiger partial charge in [-0.1, -0.05) is 0 Å². The molecule has 0 spiro atoms. The lowest BCUT2D eigenvalue weighted by molar-refractivity contribution is -0.164. The second-order valence-electron chi connectivity index (χ2n) is 1.88. The minimum Gasteiger partial charge on any atom is -0.477 e. The fraction of sp³-hybridized carbons (Fsp3) is 0.800. The van der Waals surface area contributed by atoms with E-state index in [1.165, 1.54) is 0 Å². The first-order valence-corrected chi connectivity index (χ1v) is 2.88. The van der Waals surface area contributed by atoms with Crippen LogP contribution in [0.15, 0.2) is 0 Å². The van der Waals surface area contributed by atoms with Gasteiger partial charge in [-0.05, 0) is 0 Å². The van der Waals surface area contributed by atoms with Gasteiger partial charge in [0.1, 0.15) is 6.67 Å². The molecular weight excluding hydrogens is 163 g/mol. The molecule has 0 saturated carbocycles. The fourth-order valence-corrected chi connectivity index (χ4v) is 0.388. The Morgan fingerprint density at radius 3 is 2.45 bits per heavy atom. The molecule has 2 N–H and O–H groups in total. The number of carboxylic acids is 1. The van der Waals surface area contributed by atoms with E-state index in [0.717, 1.165) is 0 Å². The summed E-state index contributed by atoms with van der Waals surface area (Å²) >= 11 is 0. The molecule has 0 aromatic rings. The molecular formula is C5H8F3NO2. The van der Waals surface area contributed by atoms with E-state index in [9.17, 15) is 18.0 Å². The molecule has 0 rings (SSSR count). The van der Waals surface area contributed by atoms with Crippen molar-refractivity contribution in [2.75, 3.05) is 19.8 Å². The molecule has 0 heterocycles. The van der Waals surface area contributed by atoms with Crippen LogP contribution in [0.5, 0.6) is 0 Å². The molecule has 0 aliphatic heterocycles. The second kappa shape index (κ2) is 4.17. The maximum atomic E-state index is 12.1. The standard InChI is InChI=1S/C5H8F3NO2/c6-1-2-9-3-5(7,8)4(10)11/h9H,1-3H2,(H,10,11). The molecule has 0 aliphatic carbocycles. The maximum Gasteiger partial charge on any atom is 0.375 e. The zero-order valence-corrected chi connectivity index (χ0v) is 5.61. The number of carboxylic acid groups (broad SMARTS) is 1. The number of alkyl halides is 3. The Kier molecular flexibility index (Phi) is 3.88. The normalized spacial score (nSPS) is 11.5. The summed E-state index contributed by atoms with van der Waals surface area (Å²) < 4.78 is 35.5. The Hall–Kier alpha value is -0.780. The summed E-state index contributed by atoms with van der Waals surface area (Å²) in [5, 5.41) is 9.81. The highest BCUT2D eigenvalue weighted by atomic mass is 19.3. The molecule has 6 heteroatoms. The van der Waals surface area contributed by atoms with Crippen molar-refractivity contribution in [1.82, 2.24) is 5.32 Å². The van der Waals surface area contributed by atoms with Crippen molar-refractivity contribution in [3.8, 4) is 0 Å². The van der Waals surface area contributed by atoms with E-state index >= 15 is 0 Å². The highest BCUT2D eigenvalue weighted by Gasteiger charge is 2.37. The van der Waals surface area contributed by atoms with E-state index in [1.54, 1.807) is 0 Å². The highest BCUT2D eigenvalue weighted by molar-refractivity contribution is 5.75. The summed E-state index contributed by atoms with van der Waals surface area (Å²) in [6, 6.07) is 0. The van der Waals surface area contributed by atoms with Gasteiger partial charge in [-0.15, -0.1) is 0 Å². The van der Waals surface area contributed by atoms with Gasteiger partial charge in [0.05, 0.1) is 6.54 Å². The molecule has 0 bridgehead atoms. The van der Waals surface area contributed by atoms with Gasteiger partial charge in [-0.3, -0.25) is 0 Å². The van der Waals surface area contributed by atoms with Crippen LogP contribution >= 0.6 is 0 Å². The van der Waals surface area contributed by atoms with Gasteiger partial charge in [-0.25, -0.2) is 9.18 Å². The molecule has 11 heavy (non-hydrogen) atoms. The van der Waals surface area contributed by atoms with Crippen molar-refractivity contribution >= 4 is 5.97 Å². The van der Waals surface area contributed by atoms with Gasteiger partial charge in [0, 0.05) is 6.54 Å². The van der Waals surface area contributed by atoms with Gasteiger partial charge in [-0.2, -0.15) is 8.78 Å². The van der Waals surface area contributed by atoms with E-state index in [2.05, 4.69) is 0 Å². The number of nitrogens with one attached hydrogen (secondary N) is 1. The molecule has 0 atom stereocenters. The highest BCUT2D eigenvalue weighted by Crippen LogP contribution is 2.10. The van der Waals surface area contributed by atoms with Crippen molar-refractivity contribution in [2.24, 2.45) is 0 Å². The number of hydrogen-bond acceptors (Lipinski definition) is 2. The van der Waals surface area contributed by atoms with Crippen molar-refractivity contribution in [1.29, 1.82) is 0 Å². The Bertz CT molecular complexity index is 140.